The molecule has 0 bridgehead atoms. The number of rotatable bonds is 5. The average Bonchev–Trinajstić information content (AvgIpc) is 3.13. The second-order valence-electron chi connectivity index (χ2n) is 6.68. The molecule has 4 aromatic rings. The van der Waals surface area contributed by atoms with E-state index in [-0.39, 0.29) is 24.4 Å². The Bertz CT molecular complexity index is 1240. The van der Waals surface area contributed by atoms with Crippen LogP contribution in [0.5, 0.6) is 0 Å². The molecule has 2 aromatic heterocycles. The quantitative estimate of drug-likeness (QED) is 0.501. The van der Waals surface area contributed by atoms with Crippen LogP contribution < -0.4 is 10.9 Å². The van der Waals surface area contributed by atoms with E-state index in [0.29, 0.717) is 16.7 Å². The summed E-state index contributed by atoms with van der Waals surface area (Å²) in [6.45, 7) is 2.24. The van der Waals surface area contributed by atoms with Crippen LogP contribution in [-0.2, 0) is 11.3 Å². The topological polar surface area (TPSA) is 81.8 Å². The molecular formula is C21H18BrN5O2. The van der Waals surface area contributed by atoms with Crippen molar-refractivity contribution < 1.29 is 4.79 Å². The van der Waals surface area contributed by atoms with Crippen molar-refractivity contribution in [3.63, 3.8) is 0 Å². The van der Waals surface area contributed by atoms with Crippen LogP contribution in [0.15, 0.2) is 70.3 Å². The van der Waals surface area contributed by atoms with Gasteiger partial charge < -0.3 is 5.32 Å². The zero-order chi connectivity index (χ0) is 20.4. The first kappa shape index (κ1) is 19.1. The van der Waals surface area contributed by atoms with Crippen LogP contribution >= 0.6 is 15.9 Å². The van der Waals surface area contributed by atoms with Crippen LogP contribution in [0.4, 0.5) is 5.69 Å². The summed E-state index contributed by atoms with van der Waals surface area (Å²) in [5.41, 5.74) is 2.95. The third kappa shape index (κ3) is 4.12. The zero-order valence-corrected chi connectivity index (χ0v) is 17.3. The molecule has 0 aliphatic rings. The maximum absolute atomic E-state index is 12.8. The number of aryl methyl sites for hydroxylation is 2. The Labute approximate surface area is 175 Å². The molecule has 0 radical (unpaired) electrons. The molecule has 0 saturated heterocycles. The molecule has 0 atom stereocenters. The molecule has 4 rings (SSSR count). The minimum Gasteiger partial charge on any atom is -0.326 e. The number of nitrogens with zero attached hydrogens (tertiary/aromatic N) is 4. The maximum atomic E-state index is 12.8. The molecule has 146 valence electrons. The molecule has 0 aliphatic carbocycles. The van der Waals surface area contributed by atoms with Gasteiger partial charge in [0.25, 0.3) is 5.56 Å². The number of hydrogen-bond acceptors (Lipinski definition) is 4. The predicted octanol–water partition coefficient (Wildman–Crippen LogP) is 3.68. The van der Waals surface area contributed by atoms with E-state index < -0.39 is 0 Å². The number of benzene rings is 2. The van der Waals surface area contributed by atoms with Crippen LogP contribution in [0.3, 0.4) is 0 Å². The first-order chi connectivity index (χ1) is 14.0. The molecule has 0 fully saturated rings. The number of carbonyl (C=O) groups excluding carboxylic acids is 1. The molecule has 0 unspecified atom stereocenters. The highest BCUT2D eigenvalue weighted by atomic mass is 79.9. The number of hydrogen-bond donors (Lipinski definition) is 1. The number of carbonyl (C=O) groups is 1. The van der Waals surface area contributed by atoms with Crippen LogP contribution in [0.1, 0.15) is 12.0 Å². The van der Waals surface area contributed by atoms with Gasteiger partial charge in [-0.25, -0.2) is 9.67 Å². The fraction of sp³-hybridized carbons (Fsp3) is 0.143. The lowest BCUT2D eigenvalue weighted by Gasteiger charge is -2.08. The van der Waals surface area contributed by atoms with Gasteiger partial charge in [0.2, 0.25) is 5.91 Å². The van der Waals surface area contributed by atoms with Gasteiger partial charge >= 0.3 is 0 Å². The van der Waals surface area contributed by atoms with Gasteiger partial charge in [-0.3, -0.25) is 14.2 Å². The summed E-state index contributed by atoms with van der Waals surface area (Å²) in [7, 11) is 0. The minimum absolute atomic E-state index is 0.158. The van der Waals surface area contributed by atoms with E-state index in [1.807, 2.05) is 55.5 Å². The van der Waals surface area contributed by atoms with E-state index in [0.717, 1.165) is 15.7 Å². The van der Waals surface area contributed by atoms with Crippen molar-refractivity contribution in [1.29, 1.82) is 0 Å². The number of fused-ring (bicyclic) bond motifs is 1. The number of aromatic nitrogens is 4. The molecule has 7 nitrogen and oxygen atoms in total. The summed E-state index contributed by atoms with van der Waals surface area (Å²) in [5.74, 6) is -0.176. The molecule has 2 aromatic carbocycles. The molecule has 1 amide bonds. The fourth-order valence-corrected chi connectivity index (χ4v) is 3.39. The van der Waals surface area contributed by atoms with Gasteiger partial charge in [-0.15, -0.1) is 0 Å². The van der Waals surface area contributed by atoms with Crippen LogP contribution in [0.25, 0.3) is 16.7 Å². The Morgan fingerprint density at radius 1 is 1.17 bits per heavy atom. The Morgan fingerprint density at radius 2 is 1.97 bits per heavy atom. The summed E-state index contributed by atoms with van der Waals surface area (Å²) in [6, 6.07) is 15.2. The number of anilines is 1. The molecule has 0 spiro atoms. The molecule has 0 saturated carbocycles. The lowest BCUT2D eigenvalue weighted by atomic mass is 10.2. The Morgan fingerprint density at radius 3 is 2.72 bits per heavy atom. The number of halogens is 1. The van der Waals surface area contributed by atoms with E-state index >= 15 is 0 Å². The second-order valence-corrected chi connectivity index (χ2v) is 7.60. The van der Waals surface area contributed by atoms with Gasteiger partial charge in [0, 0.05) is 23.1 Å². The average molecular weight is 452 g/mol. The predicted molar refractivity (Wildman–Crippen MR) is 115 cm³/mol. The molecular weight excluding hydrogens is 434 g/mol. The SMILES string of the molecule is Cc1ccc(-n2ncc3c(=O)n(CCC(=O)Nc4cccc(Br)c4)cnc32)cc1. The third-order valence-corrected chi connectivity index (χ3v) is 5.01. The highest BCUT2D eigenvalue weighted by Crippen LogP contribution is 2.16. The van der Waals surface area contributed by atoms with Crippen molar-refractivity contribution in [2.45, 2.75) is 19.9 Å². The Hall–Kier alpha value is -3.26. The lowest BCUT2D eigenvalue weighted by Crippen LogP contribution is -2.23. The standard InChI is InChI=1S/C21H18BrN5O2/c1-14-5-7-17(8-6-14)27-20-18(12-24-27)21(29)26(13-23-20)10-9-19(28)25-16-4-2-3-15(22)11-16/h2-8,11-13H,9-10H2,1H3,(H,25,28). The Kier molecular flexibility index (Phi) is 5.26. The van der Waals surface area contributed by atoms with Crippen molar-refractivity contribution in [2.75, 3.05) is 5.32 Å². The first-order valence-corrected chi connectivity index (χ1v) is 9.86. The summed E-state index contributed by atoms with van der Waals surface area (Å²) < 4.78 is 3.96. The van der Waals surface area contributed by atoms with E-state index in [1.165, 1.54) is 17.1 Å². The van der Waals surface area contributed by atoms with Crippen molar-refractivity contribution in [3.8, 4) is 5.69 Å². The van der Waals surface area contributed by atoms with Gasteiger partial charge in [-0.2, -0.15) is 5.10 Å². The second kappa shape index (κ2) is 8.00. The number of amides is 1. The third-order valence-electron chi connectivity index (χ3n) is 4.52. The molecule has 2 heterocycles. The van der Waals surface area contributed by atoms with Crippen LogP contribution in [0, 0.1) is 6.92 Å². The van der Waals surface area contributed by atoms with E-state index in [9.17, 15) is 9.59 Å². The summed E-state index contributed by atoms with van der Waals surface area (Å²) in [5, 5.41) is 7.55. The van der Waals surface area contributed by atoms with Gasteiger partial charge in [-0.05, 0) is 37.3 Å². The smallest absolute Gasteiger partial charge is 0.264 e. The zero-order valence-electron chi connectivity index (χ0n) is 15.7. The van der Waals surface area contributed by atoms with E-state index in [1.54, 1.807) is 4.68 Å². The minimum atomic E-state index is -0.219. The van der Waals surface area contributed by atoms with Crippen molar-refractivity contribution >= 4 is 38.6 Å². The van der Waals surface area contributed by atoms with Crippen molar-refractivity contribution in [2.24, 2.45) is 0 Å². The fourth-order valence-electron chi connectivity index (χ4n) is 2.99. The van der Waals surface area contributed by atoms with Gasteiger partial charge in [0.1, 0.15) is 5.39 Å². The van der Waals surface area contributed by atoms with Gasteiger partial charge in [-0.1, -0.05) is 39.7 Å². The summed E-state index contributed by atoms with van der Waals surface area (Å²) >= 11 is 3.37. The molecule has 1 N–H and O–H groups in total. The summed E-state index contributed by atoms with van der Waals surface area (Å²) in [6.07, 6.45) is 3.14. The highest BCUT2D eigenvalue weighted by molar-refractivity contribution is 9.10. The van der Waals surface area contributed by atoms with Crippen molar-refractivity contribution in [3.05, 3.63) is 81.4 Å². The van der Waals surface area contributed by atoms with Gasteiger partial charge in [0.15, 0.2) is 5.65 Å². The number of nitrogens with one attached hydrogen (secondary N) is 1. The largest absolute Gasteiger partial charge is 0.326 e. The van der Waals surface area contributed by atoms with Gasteiger partial charge in [0.05, 0.1) is 18.2 Å². The van der Waals surface area contributed by atoms with E-state index in [4.69, 9.17) is 0 Å². The normalized spacial score (nSPS) is 11.0. The first-order valence-electron chi connectivity index (χ1n) is 9.07. The van der Waals surface area contributed by atoms with Crippen molar-refractivity contribution in [1.82, 2.24) is 19.3 Å². The highest BCUT2D eigenvalue weighted by Gasteiger charge is 2.12. The molecule has 8 heteroatoms. The Balaban J connectivity index is 1.51. The van der Waals surface area contributed by atoms with E-state index in [2.05, 4.69) is 31.3 Å². The molecule has 0 aliphatic heterocycles. The summed E-state index contributed by atoms with van der Waals surface area (Å²) in [4.78, 5) is 29.4. The van der Waals surface area contributed by atoms with Crippen LogP contribution in [-0.4, -0.2) is 25.2 Å². The lowest BCUT2D eigenvalue weighted by molar-refractivity contribution is -0.116. The van der Waals surface area contributed by atoms with Crippen LogP contribution in [0.2, 0.25) is 0 Å². The maximum Gasteiger partial charge on any atom is 0.264 e. The molecule has 29 heavy (non-hydrogen) atoms. The monoisotopic (exact) mass is 451 g/mol.